The van der Waals surface area contributed by atoms with Crippen LogP contribution in [0.3, 0.4) is 0 Å². The molecule has 32 heavy (non-hydrogen) atoms. The maximum Gasteiger partial charge on any atom is 0.255 e. The van der Waals surface area contributed by atoms with E-state index < -0.39 is 15.7 Å². The van der Waals surface area contributed by atoms with Gasteiger partial charge in [-0.2, -0.15) is 0 Å². The van der Waals surface area contributed by atoms with Gasteiger partial charge in [0.05, 0.1) is 22.0 Å². The Kier molecular flexibility index (Phi) is 6.55. The molecule has 1 heterocycles. The van der Waals surface area contributed by atoms with Crippen LogP contribution in [0.15, 0.2) is 77.7 Å². The quantitative estimate of drug-likeness (QED) is 0.569. The van der Waals surface area contributed by atoms with E-state index in [9.17, 15) is 17.6 Å². The standard InChI is InChI=1S/C25H25FN2O3S/c26-21-13-14-24(28-15-5-2-6-16-28)23(17-21)27-25(29)20-11-9-19(10-12-20)18-32(30,31)22-7-3-1-4-8-22/h1,3-4,7-14,17H,2,5-6,15-16,18H2,(H,27,29). The van der Waals surface area contributed by atoms with Crippen LogP contribution in [0.5, 0.6) is 0 Å². The molecule has 0 bridgehead atoms. The van der Waals surface area contributed by atoms with Crippen LogP contribution in [-0.2, 0) is 15.6 Å². The Morgan fingerprint density at radius 3 is 2.28 bits per heavy atom. The molecular formula is C25H25FN2O3S. The summed E-state index contributed by atoms with van der Waals surface area (Å²) in [5.41, 5.74) is 2.21. The Bertz CT molecular complexity index is 1190. The molecule has 0 aliphatic carbocycles. The van der Waals surface area contributed by atoms with E-state index in [1.807, 2.05) is 0 Å². The minimum absolute atomic E-state index is 0.151. The van der Waals surface area contributed by atoms with Crippen molar-refractivity contribution >= 4 is 27.1 Å². The highest BCUT2D eigenvalue weighted by Crippen LogP contribution is 2.30. The molecule has 7 heteroatoms. The van der Waals surface area contributed by atoms with Crippen molar-refractivity contribution in [3.63, 3.8) is 0 Å². The number of carbonyl (C=O) groups excluding carboxylic acids is 1. The Balaban J connectivity index is 1.49. The molecule has 1 N–H and O–H groups in total. The molecule has 5 nitrogen and oxygen atoms in total. The number of benzene rings is 3. The van der Waals surface area contributed by atoms with E-state index >= 15 is 0 Å². The first-order valence-electron chi connectivity index (χ1n) is 10.6. The molecule has 4 rings (SSSR count). The molecular weight excluding hydrogens is 427 g/mol. The first-order valence-corrected chi connectivity index (χ1v) is 12.3. The molecule has 0 saturated carbocycles. The molecule has 1 amide bonds. The lowest BCUT2D eigenvalue weighted by atomic mass is 10.1. The van der Waals surface area contributed by atoms with Crippen molar-refractivity contribution in [3.05, 3.63) is 89.7 Å². The molecule has 1 aliphatic heterocycles. The number of hydrogen-bond acceptors (Lipinski definition) is 4. The summed E-state index contributed by atoms with van der Waals surface area (Å²) in [4.78, 5) is 15.2. The van der Waals surface area contributed by atoms with Gasteiger partial charge in [-0.05, 0) is 67.3 Å². The van der Waals surface area contributed by atoms with Gasteiger partial charge in [-0.25, -0.2) is 12.8 Å². The Morgan fingerprint density at radius 1 is 0.906 bits per heavy atom. The van der Waals surface area contributed by atoms with Crippen LogP contribution in [0.4, 0.5) is 15.8 Å². The predicted octanol–water partition coefficient (Wildman–Crippen LogP) is 5.04. The fourth-order valence-electron chi connectivity index (χ4n) is 3.90. The minimum Gasteiger partial charge on any atom is -0.370 e. The van der Waals surface area contributed by atoms with E-state index in [-0.39, 0.29) is 16.6 Å². The Morgan fingerprint density at radius 2 is 1.59 bits per heavy atom. The van der Waals surface area contributed by atoms with E-state index in [1.165, 1.54) is 18.6 Å². The molecule has 0 spiro atoms. The van der Waals surface area contributed by atoms with Crippen LogP contribution in [0, 0.1) is 5.82 Å². The van der Waals surface area contributed by atoms with Crippen LogP contribution < -0.4 is 10.2 Å². The summed E-state index contributed by atoms with van der Waals surface area (Å²) in [6, 6.07) is 19.1. The third kappa shape index (κ3) is 5.16. The Labute approximate surface area is 187 Å². The molecule has 1 fully saturated rings. The van der Waals surface area contributed by atoms with Crippen molar-refractivity contribution in [2.75, 3.05) is 23.3 Å². The monoisotopic (exact) mass is 452 g/mol. The number of nitrogens with one attached hydrogen (secondary N) is 1. The maximum absolute atomic E-state index is 13.9. The van der Waals surface area contributed by atoms with Crippen LogP contribution >= 0.6 is 0 Å². The van der Waals surface area contributed by atoms with E-state index in [4.69, 9.17) is 0 Å². The van der Waals surface area contributed by atoms with Crippen molar-refractivity contribution in [2.24, 2.45) is 0 Å². The number of amides is 1. The van der Waals surface area contributed by atoms with E-state index in [1.54, 1.807) is 60.7 Å². The van der Waals surface area contributed by atoms with Gasteiger partial charge in [-0.1, -0.05) is 30.3 Å². The Hall–Kier alpha value is -3.19. The normalized spacial score (nSPS) is 14.2. The van der Waals surface area contributed by atoms with Crippen LogP contribution in [0.2, 0.25) is 0 Å². The summed E-state index contributed by atoms with van der Waals surface area (Å²) in [7, 11) is -3.47. The number of piperidine rings is 1. The highest BCUT2D eigenvalue weighted by Gasteiger charge is 2.18. The number of sulfone groups is 1. The minimum atomic E-state index is -3.47. The number of nitrogens with zero attached hydrogens (tertiary/aromatic N) is 1. The largest absolute Gasteiger partial charge is 0.370 e. The fraction of sp³-hybridized carbons (Fsp3) is 0.240. The third-order valence-corrected chi connectivity index (χ3v) is 7.28. The highest BCUT2D eigenvalue weighted by molar-refractivity contribution is 7.90. The van der Waals surface area contributed by atoms with Crippen LogP contribution in [-0.4, -0.2) is 27.4 Å². The summed E-state index contributed by atoms with van der Waals surface area (Å²) < 4.78 is 39.0. The molecule has 0 aromatic heterocycles. The number of rotatable bonds is 6. The van der Waals surface area contributed by atoms with Gasteiger partial charge in [0.2, 0.25) is 0 Å². The lowest BCUT2D eigenvalue weighted by Crippen LogP contribution is -2.30. The average Bonchev–Trinajstić information content (AvgIpc) is 2.80. The van der Waals surface area contributed by atoms with Gasteiger partial charge in [0, 0.05) is 18.7 Å². The second-order valence-corrected chi connectivity index (χ2v) is 9.92. The first kappa shape index (κ1) is 22.0. The maximum atomic E-state index is 13.9. The summed E-state index contributed by atoms with van der Waals surface area (Å²) in [6.45, 7) is 1.75. The zero-order chi connectivity index (χ0) is 22.6. The average molecular weight is 453 g/mol. The first-order chi connectivity index (χ1) is 15.4. The topological polar surface area (TPSA) is 66.5 Å². The van der Waals surface area contributed by atoms with Crippen molar-refractivity contribution in [1.82, 2.24) is 0 Å². The van der Waals surface area contributed by atoms with E-state index in [2.05, 4.69) is 10.2 Å². The van der Waals surface area contributed by atoms with E-state index in [0.29, 0.717) is 16.8 Å². The zero-order valence-electron chi connectivity index (χ0n) is 17.6. The van der Waals surface area contributed by atoms with Crippen molar-refractivity contribution in [1.29, 1.82) is 0 Å². The zero-order valence-corrected chi connectivity index (χ0v) is 18.4. The lowest BCUT2D eigenvalue weighted by Gasteiger charge is -2.30. The number of carbonyl (C=O) groups is 1. The molecule has 0 unspecified atom stereocenters. The second-order valence-electron chi connectivity index (χ2n) is 7.93. The number of hydrogen-bond donors (Lipinski definition) is 1. The second kappa shape index (κ2) is 9.53. The van der Waals surface area contributed by atoms with Crippen molar-refractivity contribution in [2.45, 2.75) is 29.9 Å². The predicted molar refractivity (Wildman–Crippen MR) is 124 cm³/mol. The lowest BCUT2D eigenvalue weighted by molar-refractivity contribution is 0.102. The molecule has 1 saturated heterocycles. The van der Waals surface area contributed by atoms with Gasteiger partial charge in [-0.15, -0.1) is 0 Å². The van der Waals surface area contributed by atoms with Gasteiger partial charge >= 0.3 is 0 Å². The SMILES string of the molecule is O=C(Nc1cc(F)ccc1N1CCCCC1)c1ccc(CS(=O)(=O)c2ccccc2)cc1. The molecule has 0 atom stereocenters. The number of anilines is 2. The van der Waals surface area contributed by atoms with E-state index in [0.717, 1.165) is 31.6 Å². The van der Waals surface area contributed by atoms with Gasteiger partial charge < -0.3 is 10.2 Å². The van der Waals surface area contributed by atoms with Crippen molar-refractivity contribution in [3.8, 4) is 0 Å². The summed E-state index contributed by atoms with van der Waals surface area (Å²) in [6.07, 6.45) is 3.31. The molecule has 3 aromatic rings. The molecule has 3 aromatic carbocycles. The third-order valence-electron chi connectivity index (χ3n) is 5.58. The van der Waals surface area contributed by atoms with Crippen LogP contribution in [0.1, 0.15) is 35.2 Å². The van der Waals surface area contributed by atoms with Crippen LogP contribution in [0.25, 0.3) is 0 Å². The molecule has 0 radical (unpaired) electrons. The fourth-order valence-corrected chi connectivity index (χ4v) is 5.27. The van der Waals surface area contributed by atoms with Gasteiger partial charge in [0.1, 0.15) is 5.82 Å². The summed E-state index contributed by atoms with van der Waals surface area (Å²) in [5.74, 6) is -0.934. The summed E-state index contributed by atoms with van der Waals surface area (Å²) in [5, 5.41) is 2.82. The highest BCUT2D eigenvalue weighted by atomic mass is 32.2. The molecule has 166 valence electrons. The number of halogens is 1. The van der Waals surface area contributed by atoms with Crippen molar-refractivity contribution < 1.29 is 17.6 Å². The smallest absolute Gasteiger partial charge is 0.255 e. The van der Waals surface area contributed by atoms with Gasteiger partial charge in [0.25, 0.3) is 5.91 Å². The molecule has 1 aliphatic rings. The summed E-state index contributed by atoms with van der Waals surface area (Å²) >= 11 is 0. The van der Waals surface area contributed by atoms with Gasteiger partial charge in [-0.3, -0.25) is 4.79 Å². The van der Waals surface area contributed by atoms with Gasteiger partial charge in [0.15, 0.2) is 9.84 Å².